The van der Waals surface area contributed by atoms with Crippen LogP contribution in [0.3, 0.4) is 0 Å². The first-order valence-corrected chi connectivity index (χ1v) is 7.63. The zero-order valence-electron chi connectivity index (χ0n) is 11.0. The smallest absolute Gasteiger partial charge is 0.172 e. The fourth-order valence-electron chi connectivity index (χ4n) is 3.53. The fraction of sp³-hybridized carbons (Fsp3) is 0.500. The van der Waals surface area contributed by atoms with E-state index >= 15 is 0 Å². The Hall–Kier alpha value is -1.27. The second-order valence-electron chi connectivity index (χ2n) is 5.56. The highest BCUT2D eigenvalue weighted by Gasteiger charge is 2.41. The number of piperidine rings is 1. The Bertz CT molecular complexity index is 535. The summed E-state index contributed by atoms with van der Waals surface area (Å²) in [6.45, 7) is 0. The van der Waals surface area contributed by atoms with Crippen LogP contribution in [0.25, 0.3) is 0 Å². The Kier molecular flexibility index (Phi) is 3.60. The molecular weight excluding hydrogens is 322 g/mol. The van der Waals surface area contributed by atoms with Crippen LogP contribution < -0.4 is 10.6 Å². The summed E-state index contributed by atoms with van der Waals surface area (Å²) in [6.07, 6.45) is 3.55. The van der Waals surface area contributed by atoms with Crippen molar-refractivity contribution in [3.05, 3.63) is 28.2 Å². The van der Waals surface area contributed by atoms with Gasteiger partial charge in [0.15, 0.2) is 5.84 Å². The number of hydrogen-bond acceptors (Lipinski definition) is 4. The normalized spacial score (nSPS) is 29.8. The molecule has 2 fully saturated rings. The quantitative estimate of drug-likeness (QED) is 0.333. The van der Waals surface area contributed by atoms with Crippen LogP contribution in [0.5, 0.6) is 0 Å². The van der Waals surface area contributed by atoms with Gasteiger partial charge in [-0.05, 0) is 43.9 Å². The minimum absolute atomic E-state index is 0.123. The monoisotopic (exact) mass is 339 g/mol. The van der Waals surface area contributed by atoms with Crippen molar-refractivity contribution in [1.82, 2.24) is 0 Å². The van der Waals surface area contributed by atoms with Gasteiger partial charge in [-0.2, -0.15) is 0 Å². The van der Waals surface area contributed by atoms with E-state index in [-0.39, 0.29) is 11.9 Å². The Morgan fingerprint density at radius 3 is 2.55 bits per heavy atom. The molecule has 1 aromatic rings. The first-order valence-electron chi connectivity index (χ1n) is 6.84. The number of benzene rings is 1. The summed E-state index contributed by atoms with van der Waals surface area (Å²) < 4.78 is 0.965. The van der Waals surface area contributed by atoms with E-state index in [1.165, 1.54) is 0 Å². The first kappa shape index (κ1) is 13.7. The van der Waals surface area contributed by atoms with Crippen LogP contribution in [0.2, 0.25) is 0 Å². The molecule has 0 aromatic heterocycles. The van der Waals surface area contributed by atoms with E-state index in [2.05, 4.69) is 26.0 Å². The minimum Gasteiger partial charge on any atom is -0.409 e. The van der Waals surface area contributed by atoms with Gasteiger partial charge in [-0.15, -0.1) is 0 Å². The van der Waals surface area contributed by atoms with Crippen molar-refractivity contribution in [3.63, 3.8) is 0 Å². The maximum atomic E-state index is 9.91. The standard InChI is InChI=1S/C14H18BrN3O2/c15-8-1-4-12(14(16)17-20)13(5-8)18-9-2-3-10(18)7-11(19)6-9/h1,4-5,9-11,19-20H,2-3,6-7H2,(H2,16,17). The van der Waals surface area contributed by atoms with Gasteiger partial charge < -0.3 is 20.9 Å². The summed E-state index contributed by atoms with van der Waals surface area (Å²) in [4.78, 5) is 2.34. The van der Waals surface area contributed by atoms with Gasteiger partial charge in [-0.1, -0.05) is 21.1 Å². The number of fused-ring (bicyclic) bond motifs is 2. The largest absolute Gasteiger partial charge is 0.409 e. The number of oxime groups is 1. The van der Waals surface area contributed by atoms with Crippen LogP contribution in [0.4, 0.5) is 5.69 Å². The Morgan fingerprint density at radius 2 is 1.95 bits per heavy atom. The van der Waals surface area contributed by atoms with Crippen LogP contribution in [0, 0.1) is 0 Å². The van der Waals surface area contributed by atoms with Crippen molar-refractivity contribution in [3.8, 4) is 0 Å². The zero-order valence-corrected chi connectivity index (χ0v) is 12.6. The Labute approximate surface area is 126 Å². The highest BCUT2D eigenvalue weighted by molar-refractivity contribution is 9.10. The topological polar surface area (TPSA) is 82.1 Å². The van der Waals surface area contributed by atoms with E-state index in [0.29, 0.717) is 12.1 Å². The number of aliphatic hydroxyl groups excluding tert-OH is 1. The van der Waals surface area contributed by atoms with Gasteiger partial charge in [-0.25, -0.2) is 0 Å². The predicted molar refractivity (Wildman–Crippen MR) is 81.2 cm³/mol. The molecule has 2 aliphatic rings. The van der Waals surface area contributed by atoms with Crippen LogP contribution in [-0.2, 0) is 0 Å². The first-order chi connectivity index (χ1) is 9.60. The van der Waals surface area contributed by atoms with E-state index in [4.69, 9.17) is 10.9 Å². The highest BCUT2D eigenvalue weighted by Crippen LogP contribution is 2.41. The fourth-order valence-corrected chi connectivity index (χ4v) is 3.88. The summed E-state index contributed by atoms with van der Waals surface area (Å²) >= 11 is 3.49. The molecular formula is C14H18BrN3O2. The summed E-state index contributed by atoms with van der Waals surface area (Å²) in [7, 11) is 0. The van der Waals surface area contributed by atoms with Crippen molar-refractivity contribution in [2.24, 2.45) is 10.9 Å². The van der Waals surface area contributed by atoms with E-state index in [0.717, 1.165) is 41.4 Å². The third kappa shape index (κ3) is 2.27. The Balaban J connectivity index is 2.04. The minimum atomic E-state index is -0.205. The van der Waals surface area contributed by atoms with Crippen LogP contribution in [-0.4, -0.2) is 34.3 Å². The summed E-state index contributed by atoms with van der Waals surface area (Å²) in [6, 6.07) is 6.43. The second kappa shape index (κ2) is 5.26. The molecule has 0 aliphatic carbocycles. The molecule has 2 heterocycles. The summed E-state index contributed by atoms with van der Waals surface area (Å²) in [5, 5.41) is 22.0. The van der Waals surface area contributed by atoms with Gasteiger partial charge in [0.1, 0.15) is 0 Å². The predicted octanol–water partition coefficient (Wildman–Crippen LogP) is 2.04. The van der Waals surface area contributed by atoms with Gasteiger partial charge in [-0.3, -0.25) is 0 Å². The van der Waals surface area contributed by atoms with Gasteiger partial charge >= 0.3 is 0 Å². The number of nitrogens with two attached hydrogens (primary N) is 1. The van der Waals surface area contributed by atoms with Crippen molar-refractivity contribution in [2.75, 3.05) is 4.90 Å². The number of anilines is 1. The average Bonchev–Trinajstić information content (AvgIpc) is 2.70. The van der Waals surface area contributed by atoms with Crippen molar-refractivity contribution < 1.29 is 10.3 Å². The van der Waals surface area contributed by atoms with Gasteiger partial charge in [0, 0.05) is 27.8 Å². The summed E-state index contributed by atoms with van der Waals surface area (Å²) in [5.74, 6) is 0.123. The van der Waals surface area contributed by atoms with Crippen LogP contribution in [0.15, 0.2) is 27.8 Å². The van der Waals surface area contributed by atoms with Crippen molar-refractivity contribution in [1.29, 1.82) is 0 Å². The number of hydrogen-bond donors (Lipinski definition) is 3. The number of rotatable bonds is 2. The molecule has 2 atom stereocenters. The third-order valence-corrected chi connectivity index (χ3v) is 4.82. The van der Waals surface area contributed by atoms with E-state index in [1.54, 1.807) is 0 Å². The highest BCUT2D eigenvalue weighted by atomic mass is 79.9. The molecule has 1 aromatic carbocycles. The lowest BCUT2D eigenvalue weighted by Gasteiger charge is -2.40. The van der Waals surface area contributed by atoms with Gasteiger partial charge in [0.05, 0.1) is 6.10 Å². The molecule has 2 saturated heterocycles. The summed E-state index contributed by atoms with van der Waals surface area (Å²) in [5.41, 5.74) is 7.52. The van der Waals surface area contributed by atoms with Crippen molar-refractivity contribution >= 4 is 27.5 Å². The molecule has 108 valence electrons. The molecule has 2 aliphatic heterocycles. The molecule has 0 radical (unpaired) electrons. The molecule has 5 nitrogen and oxygen atoms in total. The lowest BCUT2D eigenvalue weighted by Crippen LogP contribution is -2.45. The zero-order chi connectivity index (χ0) is 14.3. The molecule has 3 rings (SSSR count). The third-order valence-electron chi connectivity index (χ3n) is 4.33. The van der Waals surface area contributed by atoms with Crippen LogP contribution in [0.1, 0.15) is 31.2 Å². The Morgan fingerprint density at radius 1 is 1.30 bits per heavy atom. The lowest BCUT2D eigenvalue weighted by molar-refractivity contribution is 0.126. The molecule has 2 unspecified atom stereocenters. The van der Waals surface area contributed by atoms with Gasteiger partial charge in [0.2, 0.25) is 0 Å². The molecule has 0 spiro atoms. The SMILES string of the molecule is N/C(=N/O)c1ccc(Br)cc1N1C2CCC1CC(O)C2. The van der Waals surface area contributed by atoms with E-state index in [9.17, 15) is 5.11 Å². The molecule has 2 bridgehead atoms. The number of aliphatic hydroxyl groups is 1. The molecule has 0 amide bonds. The molecule has 6 heteroatoms. The molecule has 0 saturated carbocycles. The lowest BCUT2D eigenvalue weighted by atomic mass is 9.97. The number of halogens is 1. The van der Waals surface area contributed by atoms with E-state index in [1.807, 2.05) is 18.2 Å². The van der Waals surface area contributed by atoms with Crippen LogP contribution >= 0.6 is 15.9 Å². The number of nitrogens with zero attached hydrogens (tertiary/aromatic N) is 2. The maximum absolute atomic E-state index is 9.91. The van der Waals surface area contributed by atoms with Crippen molar-refractivity contribution in [2.45, 2.75) is 43.9 Å². The second-order valence-corrected chi connectivity index (χ2v) is 6.48. The molecule has 20 heavy (non-hydrogen) atoms. The van der Waals surface area contributed by atoms with Gasteiger partial charge in [0.25, 0.3) is 0 Å². The maximum Gasteiger partial charge on any atom is 0.172 e. The van der Waals surface area contributed by atoms with E-state index < -0.39 is 0 Å². The molecule has 4 N–H and O–H groups in total. The number of amidine groups is 1. The average molecular weight is 340 g/mol.